The Kier molecular flexibility index (Phi) is 5.52. The summed E-state index contributed by atoms with van der Waals surface area (Å²) in [7, 11) is 0. The van der Waals surface area contributed by atoms with Gasteiger partial charge in [-0.15, -0.1) is 0 Å². The van der Waals surface area contributed by atoms with E-state index in [0.717, 1.165) is 5.56 Å². The van der Waals surface area contributed by atoms with Crippen molar-refractivity contribution in [2.45, 2.75) is 13.5 Å². The molecule has 0 saturated heterocycles. The molecule has 0 bridgehead atoms. The van der Waals surface area contributed by atoms with Crippen LogP contribution in [-0.4, -0.2) is 26.1 Å². The number of nitrogens with zero attached hydrogens (tertiary/aromatic N) is 4. The number of carbonyl (C=O) groups is 1. The molecule has 3 N–H and O–H groups in total. The highest BCUT2D eigenvalue weighted by Gasteiger charge is 2.23. The van der Waals surface area contributed by atoms with E-state index in [1.54, 1.807) is 6.92 Å². The van der Waals surface area contributed by atoms with Crippen molar-refractivity contribution in [2.75, 3.05) is 11.1 Å². The number of carbonyl (C=O) groups excluding carboxylic acids is 1. The molecule has 0 spiro atoms. The molecule has 31 heavy (non-hydrogen) atoms. The minimum atomic E-state index is -0.635. The molecule has 0 fully saturated rings. The summed E-state index contributed by atoms with van der Waals surface area (Å²) < 4.78 is 23.6. The first-order valence-electron chi connectivity index (χ1n) is 9.21. The van der Waals surface area contributed by atoms with E-state index in [4.69, 9.17) is 15.0 Å². The third kappa shape index (κ3) is 4.64. The maximum atomic E-state index is 13.1. The molecule has 0 amide bonds. The minimum Gasteiger partial charge on any atom is -0.454 e. The fourth-order valence-corrected chi connectivity index (χ4v) is 2.83. The van der Waals surface area contributed by atoms with Crippen LogP contribution in [0.4, 0.5) is 22.0 Å². The van der Waals surface area contributed by atoms with Crippen molar-refractivity contribution in [3.8, 4) is 11.3 Å². The Hall–Kier alpha value is -4.34. The second-order valence-corrected chi connectivity index (χ2v) is 6.47. The summed E-state index contributed by atoms with van der Waals surface area (Å²) in [4.78, 5) is 24.9. The molecule has 0 atom stereocenters. The summed E-state index contributed by atoms with van der Waals surface area (Å²) in [5, 5.41) is 6.86. The number of esters is 1. The number of hydrogen-bond donors (Lipinski definition) is 2. The lowest BCUT2D eigenvalue weighted by Crippen LogP contribution is -2.12. The molecule has 2 heterocycles. The molecule has 0 unspecified atom stereocenters. The third-order valence-electron chi connectivity index (χ3n) is 4.25. The Bertz CT molecular complexity index is 1210. The van der Waals surface area contributed by atoms with Gasteiger partial charge >= 0.3 is 5.97 Å². The average Bonchev–Trinajstić information content (AvgIpc) is 3.15. The quantitative estimate of drug-likeness (QED) is 0.449. The highest BCUT2D eigenvalue weighted by atomic mass is 19.1. The molecule has 4 aromatic rings. The fourth-order valence-electron chi connectivity index (χ4n) is 2.83. The summed E-state index contributed by atoms with van der Waals surface area (Å²) in [5.41, 5.74) is 7.62. The molecule has 0 saturated carbocycles. The normalized spacial score (nSPS) is 10.6. The predicted octanol–water partition coefficient (Wildman–Crippen LogP) is 3.66. The summed E-state index contributed by atoms with van der Waals surface area (Å²) in [6, 6.07) is 14.8. The van der Waals surface area contributed by atoms with Gasteiger partial charge in [-0.2, -0.15) is 15.0 Å². The molecule has 2 aromatic carbocycles. The molecule has 0 aliphatic carbocycles. The maximum Gasteiger partial charge on any atom is 0.344 e. The van der Waals surface area contributed by atoms with Crippen LogP contribution in [0.5, 0.6) is 0 Å². The van der Waals surface area contributed by atoms with Crippen LogP contribution >= 0.6 is 0 Å². The zero-order valence-electron chi connectivity index (χ0n) is 16.4. The third-order valence-corrected chi connectivity index (χ3v) is 4.25. The molecule has 9 nitrogen and oxygen atoms in total. The monoisotopic (exact) mass is 420 g/mol. The molecule has 156 valence electrons. The van der Waals surface area contributed by atoms with Crippen molar-refractivity contribution >= 4 is 23.6 Å². The van der Waals surface area contributed by atoms with E-state index in [0.29, 0.717) is 17.1 Å². The molecule has 2 aromatic heterocycles. The number of halogens is 1. The van der Waals surface area contributed by atoms with Crippen LogP contribution in [-0.2, 0) is 11.3 Å². The van der Waals surface area contributed by atoms with Gasteiger partial charge in [0.25, 0.3) is 0 Å². The number of nitrogen functional groups attached to an aromatic ring is 1. The molecular formula is C21H17FN6O3. The van der Waals surface area contributed by atoms with Crippen molar-refractivity contribution < 1.29 is 18.4 Å². The number of aromatic nitrogens is 4. The van der Waals surface area contributed by atoms with Crippen LogP contribution in [0.1, 0.15) is 21.9 Å². The molecular weight excluding hydrogens is 403 g/mol. The number of nitrogens with two attached hydrogens (primary N) is 1. The van der Waals surface area contributed by atoms with E-state index in [-0.39, 0.29) is 35.7 Å². The van der Waals surface area contributed by atoms with Crippen LogP contribution in [0.2, 0.25) is 0 Å². The van der Waals surface area contributed by atoms with Crippen LogP contribution < -0.4 is 11.1 Å². The highest BCUT2D eigenvalue weighted by Crippen LogP contribution is 2.26. The van der Waals surface area contributed by atoms with Gasteiger partial charge in [0, 0.05) is 11.3 Å². The SMILES string of the molecule is Cc1onc(-c2ccccc2)c1C(=O)OCc1nc(N)nc(Nc2ccc(F)cc2)n1. The summed E-state index contributed by atoms with van der Waals surface area (Å²) in [6.07, 6.45) is 0. The van der Waals surface area contributed by atoms with E-state index in [2.05, 4.69) is 25.4 Å². The van der Waals surface area contributed by atoms with Gasteiger partial charge in [-0.05, 0) is 31.2 Å². The van der Waals surface area contributed by atoms with Crippen molar-refractivity contribution in [3.63, 3.8) is 0 Å². The molecule has 0 aliphatic heterocycles. The van der Waals surface area contributed by atoms with Gasteiger partial charge in [-0.25, -0.2) is 9.18 Å². The van der Waals surface area contributed by atoms with Crippen LogP contribution in [0.15, 0.2) is 59.1 Å². The van der Waals surface area contributed by atoms with Gasteiger partial charge in [0.05, 0.1) is 0 Å². The standard InChI is InChI=1S/C21H17FN6O3/c1-12-17(18(28-31-12)13-5-3-2-4-6-13)19(29)30-11-16-25-20(23)27-21(26-16)24-15-9-7-14(22)8-10-15/h2-10H,11H2,1H3,(H3,23,24,25,26,27). The number of nitrogens with one attached hydrogen (secondary N) is 1. The van der Waals surface area contributed by atoms with Crippen molar-refractivity contribution in [1.29, 1.82) is 0 Å². The number of benzene rings is 2. The van der Waals surface area contributed by atoms with Crippen LogP contribution in [0.25, 0.3) is 11.3 Å². The molecule has 4 rings (SSSR count). The van der Waals surface area contributed by atoms with E-state index in [1.165, 1.54) is 24.3 Å². The number of anilines is 3. The van der Waals surface area contributed by atoms with Gasteiger partial charge in [0.1, 0.15) is 22.8 Å². The summed E-state index contributed by atoms with van der Waals surface area (Å²) in [6.45, 7) is 1.38. The second-order valence-electron chi connectivity index (χ2n) is 6.47. The largest absolute Gasteiger partial charge is 0.454 e. The van der Waals surface area contributed by atoms with E-state index >= 15 is 0 Å². The Morgan fingerprint density at radius 1 is 1.10 bits per heavy atom. The van der Waals surface area contributed by atoms with E-state index in [1.807, 2.05) is 30.3 Å². The fraction of sp³-hybridized carbons (Fsp3) is 0.0952. The van der Waals surface area contributed by atoms with Gasteiger partial charge in [0.2, 0.25) is 11.9 Å². The number of aryl methyl sites for hydroxylation is 1. The Labute approximate surface area is 176 Å². The van der Waals surface area contributed by atoms with Crippen molar-refractivity contribution in [2.24, 2.45) is 0 Å². The predicted molar refractivity (Wildman–Crippen MR) is 110 cm³/mol. The first kappa shape index (κ1) is 20.0. The first-order valence-corrected chi connectivity index (χ1v) is 9.21. The van der Waals surface area contributed by atoms with Crippen LogP contribution in [0.3, 0.4) is 0 Å². The Morgan fingerprint density at radius 2 is 1.84 bits per heavy atom. The zero-order valence-corrected chi connectivity index (χ0v) is 16.4. The van der Waals surface area contributed by atoms with Crippen LogP contribution in [0, 0.1) is 12.7 Å². The van der Waals surface area contributed by atoms with Crippen molar-refractivity contribution in [1.82, 2.24) is 20.1 Å². The van der Waals surface area contributed by atoms with E-state index < -0.39 is 5.97 Å². The summed E-state index contributed by atoms with van der Waals surface area (Å²) in [5.74, 6) is -0.455. The topological polar surface area (TPSA) is 129 Å². The van der Waals surface area contributed by atoms with Gasteiger partial charge in [-0.3, -0.25) is 0 Å². The van der Waals surface area contributed by atoms with E-state index in [9.17, 15) is 9.18 Å². The number of ether oxygens (including phenoxy) is 1. The first-order chi connectivity index (χ1) is 15.0. The number of rotatable bonds is 6. The average molecular weight is 420 g/mol. The second kappa shape index (κ2) is 8.57. The Morgan fingerprint density at radius 3 is 2.58 bits per heavy atom. The van der Waals surface area contributed by atoms with Gasteiger partial charge in [0.15, 0.2) is 12.4 Å². The number of hydrogen-bond acceptors (Lipinski definition) is 9. The minimum absolute atomic E-state index is 0.0585. The smallest absolute Gasteiger partial charge is 0.344 e. The maximum absolute atomic E-state index is 13.1. The zero-order chi connectivity index (χ0) is 21.8. The highest BCUT2D eigenvalue weighted by molar-refractivity contribution is 5.97. The Balaban J connectivity index is 1.50. The lowest BCUT2D eigenvalue weighted by atomic mass is 10.1. The summed E-state index contributed by atoms with van der Waals surface area (Å²) >= 11 is 0. The van der Waals surface area contributed by atoms with Gasteiger partial charge < -0.3 is 20.3 Å². The lowest BCUT2D eigenvalue weighted by Gasteiger charge is -2.08. The van der Waals surface area contributed by atoms with Gasteiger partial charge in [-0.1, -0.05) is 35.5 Å². The molecule has 10 heteroatoms. The molecule has 0 aliphatic rings. The molecule has 0 radical (unpaired) electrons. The lowest BCUT2D eigenvalue weighted by molar-refractivity contribution is 0.0461. The van der Waals surface area contributed by atoms with Crippen molar-refractivity contribution in [3.05, 3.63) is 77.6 Å².